The molecule has 3 aromatic rings. The number of H-pyrrole nitrogens is 1. The van der Waals surface area contributed by atoms with E-state index >= 15 is 0 Å². The molecule has 0 bridgehead atoms. The minimum absolute atomic E-state index is 0.0557. The van der Waals surface area contributed by atoms with E-state index in [1.54, 1.807) is 12.4 Å². The molecule has 0 aliphatic carbocycles. The number of aromatic nitrogens is 3. The Labute approximate surface area is 175 Å². The number of benzene rings is 1. The lowest BCUT2D eigenvalue weighted by atomic mass is 10.0. The Hall–Kier alpha value is -3.19. The molecule has 2 aromatic heterocycles. The normalized spacial score (nSPS) is 13.7. The van der Waals surface area contributed by atoms with Crippen molar-refractivity contribution in [3.05, 3.63) is 69.9 Å². The van der Waals surface area contributed by atoms with Gasteiger partial charge in [0.1, 0.15) is 17.3 Å². The number of rotatable bonds is 7. The molecular formula is C23H26N4O3. The first-order chi connectivity index (χ1) is 14.7. The van der Waals surface area contributed by atoms with Crippen LogP contribution in [0.1, 0.15) is 30.7 Å². The average Bonchev–Trinajstić information content (AvgIpc) is 2.76. The van der Waals surface area contributed by atoms with E-state index < -0.39 is 0 Å². The summed E-state index contributed by atoms with van der Waals surface area (Å²) in [6.45, 7) is 7.29. The zero-order chi connectivity index (χ0) is 20.9. The van der Waals surface area contributed by atoms with Crippen LogP contribution in [0.4, 0.5) is 0 Å². The van der Waals surface area contributed by atoms with E-state index in [1.807, 2.05) is 44.2 Å². The van der Waals surface area contributed by atoms with Gasteiger partial charge in [-0.15, -0.1) is 0 Å². The van der Waals surface area contributed by atoms with Gasteiger partial charge >= 0.3 is 0 Å². The first-order valence-corrected chi connectivity index (χ1v) is 10.3. The van der Waals surface area contributed by atoms with Gasteiger partial charge in [-0.3, -0.25) is 14.7 Å². The highest BCUT2D eigenvalue weighted by molar-refractivity contribution is 5.54. The van der Waals surface area contributed by atoms with Gasteiger partial charge in [0.15, 0.2) is 0 Å². The molecule has 1 aliphatic heterocycles. The van der Waals surface area contributed by atoms with Crippen molar-refractivity contribution in [2.75, 3.05) is 19.8 Å². The smallest absolute Gasteiger partial charge is 0.254 e. The van der Waals surface area contributed by atoms with Crippen molar-refractivity contribution < 1.29 is 9.47 Å². The number of hydrogen-bond donors (Lipinski definition) is 1. The van der Waals surface area contributed by atoms with E-state index in [1.165, 1.54) is 0 Å². The largest absolute Gasteiger partial charge is 0.494 e. The van der Waals surface area contributed by atoms with E-state index in [9.17, 15) is 4.79 Å². The van der Waals surface area contributed by atoms with Crippen LogP contribution in [0.15, 0.2) is 47.5 Å². The SMILES string of the molecule is CCOc1ccc(OCC)c(CN2CCc3c(nc(-c4ccncc4)[nH]c3=O)C2)c1. The minimum atomic E-state index is -0.0557. The van der Waals surface area contributed by atoms with Crippen LogP contribution in [0.3, 0.4) is 0 Å². The van der Waals surface area contributed by atoms with Crippen molar-refractivity contribution in [2.45, 2.75) is 33.4 Å². The molecule has 7 heteroatoms. The summed E-state index contributed by atoms with van der Waals surface area (Å²) in [7, 11) is 0. The maximum atomic E-state index is 12.6. The molecule has 1 aromatic carbocycles. The molecule has 1 N–H and O–H groups in total. The summed E-state index contributed by atoms with van der Waals surface area (Å²) in [6.07, 6.45) is 4.06. The lowest BCUT2D eigenvalue weighted by Crippen LogP contribution is -2.35. The van der Waals surface area contributed by atoms with Crippen LogP contribution in [0.2, 0.25) is 0 Å². The molecule has 0 saturated heterocycles. The van der Waals surface area contributed by atoms with E-state index in [0.717, 1.165) is 40.4 Å². The van der Waals surface area contributed by atoms with Gasteiger partial charge in [-0.1, -0.05) is 0 Å². The maximum absolute atomic E-state index is 12.6. The van der Waals surface area contributed by atoms with Crippen LogP contribution in [0.25, 0.3) is 11.4 Å². The van der Waals surface area contributed by atoms with Crippen LogP contribution >= 0.6 is 0 Å². The summed E-state index contributed by atoms with van der Waals surface area (Å²) in [5, 5.41) is 0. The quantitative estimate of drug-likeness (QED) is 0.649. The van der Waals surface area contributed by atoms with Gasteiger partial charge in [0.2, 0.25) is 0 Å². The second-order valence-electron chi connectivity index (χ2n) is 7.17. The molecule has 0 fully saturated rings. The topological polar surface area (TPSA) is 80.3 Å². The molecule has 1 aliphatic rings. The Balaban J connectivity index is 1.59. The molecule has 30 heavy (non-hydrogen) atoms. The zero-order valence-electron chi connectivity index (χ0n) is 17.4. The van der Waals surface area contributed by atoms with Crippen molar-refractivity contribution in [1.29, 1.82) is 0 Å². The van der Waals surface area contributed by atoms with Gasteiger partial charge in [-0.25, -0.2) is 4.98 Å². The van der Waals surface area contributed by atoms with Gasteiger partial charge in [0.05, 0.1) is 18.9 Å². The highest BCUT2D eigenvalue weighted by atomic mass is 16.5. The highest BCUT2D eigenvalue weighted by Crippen LogP contribution is 2.28. The fourth-order valence-electron chi connectivity index (χ4n) is 3.75. The van der Waals surface area contributed by atoms with Crippen LogP contribution in [-0.2, 0) is 19.5 Å². The number of aromatic amines is 1. The molecule has 4 rings (SSSR count). The first-order valence-electron chi connectivity index (χ1n) is 10.3. The number of hydrogen-bond acceptors (Lipinski definition) is 6. The van der Waals surface area contributed by atoms with E-state index in [0.29, 0.717) is 38.5 Å². The monoisotopic (exact) mass is 406 g/mol. The molecule has 0 spiro atoms. The van der Waals surface area contributed by atoms with E-state index in [4.69, 9.17) is 14.5 Å². The molecule has 0 radical (unpaired) electrons. The van der Waals surface area contributed by atoms with Crippen LogP contribution in [0, 0.1) is 0 Å². The Kier molecular flexibility index (Phi) is 6.09. The van der Waals surface area contributed by atoms with Gasteiger partial charge < -0.3 is 14.5 Å². The maximum Gasteiger partial charge on any atom is 0.254 e. The van der Waals surface area contributed by atoms with Gasteiger partial charge in [0.25, 0.3) is 5.56 Å². The second kappa shape index (κ2) is 9.09. The van der Waals surface area contributed by atoms with Crippen molar-refractivity contribution in [3.63, 3.8) is 0 Å². The molecule has 3 heterocycles. The van der Waals surface area contributed by atoms with Gasteiger partial charge in [-0.05, 0) is 50.6 Å². The number of fused-ring (bicyclic) bond motifs is 1. The Morgan fingerprint density at radius 3 is 2.67 bits per heavy atom. The average molecular weight is 406 g/mol. The zero-order valence-corrected chi connectivity index (χ0v) is 17.4. The highest BCUT2D eigenvalue weighted by Gasteiger charge is 2.22. The number of nitrogens with zero attached hydrogens (tertiary/aromatic N) is 3. The molecule has 0 amide bonds. The molecule has 156 valence electrons. The predicted octanol–water partition coefficient (Wildman–Crippen LogP) is 3.19. The standard InChI is InChI=1S/C23H26N4O3/c1-3-29-18-5-6-21(30-4-2)17(13-18)14-27-12-9-19-20(15-27)25-22(26-23(19)28)16-7-10-24-11-8-16/h5-8,10-11,13H,3-4,9,12,14-15H2,1-2H3,(H,25,26,28). The molecule has 7 nitrogen and oxygen atoms in total. The van der Waals surface area contributed by atoms with Gasteiger partial charge in [0, 0.05) is 48.7 Å². The third-order valence-electron chi connectivity index (χ3n) is 5.14. The Morgan fingerprint density at radius 1 is 1.10 bits per heavy atom. The minimum Gasteiger partial charge on any atom is -0.494 e. The third-order valence-corrected chi connectivity index (χ3v) is 5.14. The number of ether oxygens (including phenoxy) is 2. The Morgan fingerprint density at radius 2 is 1.90 bits per heavy atom. The summed E-state index contributed by atoms with van der Waals surface area (Å²) >= 11 is 0. The van der Waals surface area contributed by atoms with Crippen molar-refractivity contribution in [2.24, 2.45) is 0 Å². The molecular weight excluding hydrogens is 380 g/mol. The summed E-state index contributed by atoms with van der Waals surface area (Å²) in [5.41, 5.74) is 3.48. The molecule has 0 saturated carbocycles. The summed E-state index contributed by atoms with van der Waals surface area (Å²) in [5.74, 6) is 2.28. The summed E-state index contributed by atoms with van der Waals surface area (Å²) in [6, 6.07) is 9.63. The number of nitrogens with one attached hydrogen (secondary N) is 1. The van der Waals surface area contributed by atoms with Crippen molar-refractivity contribution in [1.82, 2.24) is 19.9 Å². The van der Waals surface area contributed by atoms with Crippen LogP contribution < -0.4 is 15.0 Å². The summed E-state index contributed by atoms with van der Waals surface area (Å²) in [4.78, 5) is 26.6. The third kappa shape index (κ3) is 4.36. The van der Waals surface area contributed by atoms with Crippen LogP contribution in [0.5, 0.6) is 11.5 Å². The summed E-state index contributed by atoms with van der Waals surface area (Å²) < 4.78 is 11.5. The number of pyridine rings is 1. The molecule has 0 atom stereocenters. The first kappa shape index (κ1) is 20.1. The fraction of sp³-hybridized carbons (Fsp3) is 0.348. The molecule has 0 unspecified atom stereocenters. The van der Waals surface area contributed by atoms with Crippen molar-refractivity contribution >= 4 is 0 Å². The van der Waals surface area contributed by atoms with Gasteiger partial charge in [-0.2, -0.15) is 0 Å². The predicted molar refractivity (Wildman–Crippen MR) is 115 cm³/mol. The Bertz CT molecular complexity index is 1070. The van der Waals surface area contributed by atoms with Crippen molar-refractivity contribution in [3.8, 4) is 22.9 Å². The fourth-order valence-corrected chi connectivity index (χ4v) is 3.75. The van der Waals surface area contributed by atoms with Crippen LogP contribution in [-0.4, -0.2) is 39.6 Å². The lowest BCUT2D eigenvalue weighted by Gasteiger charge is -2.28. The lowest BCUT2D eigenvalue weighted by molar-refractivity contribution is 0.234. The van der Waals surface area contributed by atoms with E-state index in [2.05, 4.69) is 14.9 Å². The van der Waals surface area contributed by atoms with E-state index in [-0.39, 0.29) is 5.56 Å². The second-order valence-corrected chi connectivity index (χ2v) is 7.17.